The highest BCUT2D eigenvalue weighted by molar-refractivity contribution is 5.88. The molecule has 2 aromatic rings. The van der Waals surface area contributed by atoms with E-state index in [0.717, 1.165) is 16.9 Å². The summed E-state index contributed by atoms with van der Waals surface area (Å²) in [5, 5.41) is 7.51. The fourth-order valence-electron chi connectivity index (χ4n) is 1.78. The Hall–Kier alpha value is -2.37. The first-order valence-electron chi connectivity index (χ1n) is 5.87. The number of methoxy groups -OCH3 is 1. The van der Waals surface area contributed by atoms with Crippen molar-refractivity contribution >= 4 is 11.7 Å². The van der Waals surface area contributed by atoms with Gasteiger partial charge in [0.2, 0.25) is 0 Å². The summed E-state index contributed by atoms with van der Waals surface area (Å²) >= 11 is 0. The van der Waals surface area contributed by atoms with Crippen molar-refractivity contribution in [1.82, 2.24) is 14.8 Å². The fraction of sp³-hybridized carbons (Fsp3) is 0.308. The van der Waals surface area contributed by atoms with Crippen LogP contribution in [0.15, 0.2) is 24.5 Å². The molecule has 0 unspecified atom stereocenters. The Balaban J connectivity index is 2.07. The number of pyridine rings is 1. The van der Waals surface area contributed by atoms with Gasteiger partial charge in [0.1, 0.15) is 5.69 Å². The lowest BCUT2D eigenvalue weighted by Gasteiger charge is -2.06. The molecule has 0 bridgehead atoms. The molecular formula is C13H16N4O2. The Morgan fingerprint density at radius 3 is 2.95 bits per heavy atom. The highest BCUT2D eigenvalue weighted by Crippen LogP contribution is 2.12. The van der Waals surface area contributed by atoms with Crippen LogP contribution in [-0.2, 0) is 18.3 Å². The van der Waals surface area contributed by atoms with Gasteiger partial charge in [0, 0.05) is 37.2 Å². The number of rotatable bonds is 4. The van der Waals surface area contributed by atoms with Crippen molar-refractivity contribution in [2.45, 2.75) is 13.5 Å². The van der Waals surface area contributed by atoms with Gasteiger partial charge in [-0.2, -0.15) is 5.10 Å². The van der Waals surface area contributed by atoms with Crippen LogP contribution in [0.1, 0.15) is 21.7 Å². The molecule has 0 radical (unpaired) electrons. The number of hydrogen-bond acceptors (Lipinski definition) is 5. The summed E-state index contributed by atoms with van der Waals surface area (Å²) in [7, 11) is 3.22. The van der Waals surface area contributed by atoms with Crippen molar-refractivity contribution in [3.05, 3.63) is 41.5 Å². The van der Waals surface area contributed by atoms with E-state index in [1.807, 2.05) is 20.2 Å². The number of carbonyl (C=O) groups is 1. The number of hydrogen-bond donors (Lipinski definition) is 1. The molecular weight excluding hydrogens is 244 g/mol. The summed E-state index contributed by atoms with van der Waals surface area (Å²) in [6.07, 6.45) is 3.54. The fourth-order valence-corrected chi connectivity index (χ4v) is 1.78. The molecule has 2 aromatic heterocycles. The molecule has 0 aliphatic carbocycles. The van der Waals surface area contributed by atoms with Crippen LogP contribution in [0.25, 0.3) is 0 Å². The predicted molar refractivity (Wildman–Crippen MR) is 70.8 cm³/mol. The average Bonchev–Trinajstić information content (AvgIpc) is 2.74. The lowest BCUT2D eigenvalue weighted by atomic mass is 10.2. The highest BCUT2D eigenvalue weighted by atomic mass is 16.5. The maximum Gasteiger partial charge on any atom is 0.356 e. The third kappa shape index (κ3) is 3.09. The summed E-state index contributed by atoms with van der Waals surface area (Å²) in [5.41, 5.74) is 3.20. The zero-order chi connectivity index (χ0) is 13.8. The molecule has 0 aromatic carbocycles. The zero-order valence-corrected chi connectivity index (χ0v) is 11.2. The van der Waals surface area contributed by atoms with E-state index in [2.05, 4.69) is 20.1 Å². The summed E-state index contributed by atoms with van der Waals surface area (Å²) in [6.45, 7) is 2.60. The maximum absolute atomic E-state index is 11.4. The molecule has 2 heterocycles. The molecule has 100 valence electrons. The van der Waals surface area contributed by atoms with Crippen molar-refractivity contribution in [2.75, 3.05) is 12.4 Å². The Labute approximate surface area is 111 Å². The van der Waals surface area contributed by atoms with E-state index in [4.69, 9.17) is 0 Å². The Morgan fingerprint density at radius 2 is 2.32 bits per heavy atom. The zero-order valence-electron chi connectivity index (χ0n) is 11.2. The molecule has 0 amide bonds. The molecule has 0 spiro atoms. The smallest absolute Gasteiger partial charge is 0.356 e. The number of aromatic nitrogens is 3. The van der Waals surface area contributed by atoms with Crippen molar-refractivity contribution in [1.29, 1.82) is 0 Å². The molecule has 0 aliphatic heterocycles. The Bertz CT molecular complexity index is 592. The predicted octanol–water partition coefficient (Wildman–Crippen LogP) is 1.52. The van der Waals surface area contributed by atoms with E-state index < -0.39 is 5.97 Å². The summed E-state index contributed by atoms with van der Waals surface area (Å²) in [4.78, 5) is 15.3. The van der Waals surface area contributed by atoms with Crippen LogP contribution in [0.4, 0.5) is 5.69 Å². The second-order valence-electron chi connectivity index (χ2n) is 4.19. The van der Waals surface area contributed by atoms with Gasteiger partial charge in [0.05, 0.1) is 12.8 Å². The second kappa shape index (κ2) is 5.51. The lowest BCUT2D eigenvalue weighted by Crippen LogP contribution is -2.06. The second-order valence-corrected chi connectivity index (χ2v) is 4.19. The highest BCUT2D eigenvalue weighted by Gasteiger charge is 2.08. The summed E-state index contributed by atoms with van der Waals surface area (Å²) in [6, 6.07) is 3.47. The van der Waals surface area contributed by atoms with Gasteiger partial charge in [0.15, 0.2) is 0 Å². The molecule has 0 atom stereocenters. The first-order chi connectivity index (χ1) is 9.10. The molecule has 0 fully saturated rings. The number of ether oxygens (including phenoxy) is 1. The average molecular weight is 260 g/mol. The van der Waals surface area contributed by atoms with Crippen LogP contribution in [0, 0.1) is 6.92 Å². The van der Waals surface area contributed by atoms with E-state index in [-0.39, 0.29) is 5.69 Å². The minimum absolute atomic E-state index is 0.287. The van der Waals surface area contributed by atoms with E-state index >= 15 is 0 Å². The third-order valence-corrected chi connectivity index (χ3v) is 2.75. The molecule has 0 aliphatic rings. The molecule has 2 rings (SSSR count). The maximum atomic E-state index is 11.4. The quantitative estimate of drug-likeness (QED) is 0.844. The van der Waals surface area contributed by atoms with Crippen LogP contribution < -0.4 is 5.32 Å². The third-order valence-electron chi connectivity index (χ3n) is 2.75. The molecule has 6 nitrogen and oxygen atoms in total. The summed E-state index contributed by atoms with van der Waals surface area (Å²) in [5.74, 6) is -0.443. The van der Waals surface area contributed by atoms with Crippen LogP contribution in [0.2, 0.25) is 0 Å². The molecule has 0 saturated heterocycles. The minimum Gasteiger partial charge on any atom is -0.464 e. The standard InChI is InChI=1S/C13H16N4O2/c1-9-10(8-17(2)16-9)7-15-11-4-5-14-12(6-11)13(18)19-3/h4-6,8H,7H2,1-3H3,(H,14,15). The van der Waals surface area contributed by atoms with Crippen LogP contribution in [0.5, 0.6) is 0 Å². The minimum atomic E-state index is -0.443. The SMILES string of the molecule is COC(=O)c1cc(NCc2cn(C)nc2C)ccn1. The van der Waals surface area contributed by atoms with Gasteiger partial charge >= 0.3 is 5.97 Å². The molecule has 1 N–H and O–H groups in total. The first kappa shape index (κ1) is 13.1. The lowest BCUT2D eigenvalue weighted by molar-refractivity contribution is 0.0594. The molecule has 19 heavy (non-hydrogen) atoms. The number of esters is 1. The molecule has 6 heteroatoms. The van der Waals surface area contributed by atoms with Gasteiger partial charge in [-0.25, -0.2) is 9.78 Å². The van der Waals surface area contributed by atoms with Crippen LogP contribution >= 0.6 is 0 Å². The van der Waals surface area contributed by atoms with E-state index in [1.54, 1.807) is 23.0 Å². The van der Waals surface area contributed by atoms with Crippen LogP contribution in [0.3, 0.4) is 0 Å². The van der Waals surface area contributed by atoms with Crippen molar-refractivity contribution in [3.8, 4) is 0 Å². The van der Waals surface area contributed by atoms with Gasteiger partial charge in [-0.15, -0.1) is 0 Å². The van der Waals surface area contributed by atoms with E-state index in [1.165, 1.54) is 7.11 Å². The normalized spacial score (nSPS) is 10.3. The number of nitrogens with one attached hydrogen (secondary N) is 1. The van der Waals surface area contributed by atoms with Crippen molar-refractivity contribution in [3.63, 3.8) is 0 Å². The van der Waals surface area contributed by atoms with E-state index in [9.17, 15) is 4.79 Å². The van der Waals surface area contributed by atoms with Crippen molar-refractivity contribution < 1.29 is 9.53 Å². The number of anilines is 1. The van der Waals surface area contributed by atoms with Gasteiger partial charge < -0.3 is 10.1 Å². The Kier molecular flexibility index (Phi) is 3.79. The van der Waals surface area contributed by atoms with E-state index in [0.29, 0.717) is 6.54 Å². The monoisotopic (exact) mass is 260 g/mol. The van der Waals surface area contributed by atoms with Gasteiger partial charge in [-0.1, -0.05) is 0 Å². The Morgan fingerprint density at radius 1 is 1.53 bits per heavy atom. The van der Waals surface area contributed by atoms with Crippen molar-refractivity contribution in [2.24, 2.45) is 7.05 Å². The summed E-state index contributed by atoms with van der Waals surface area (Å²) < 4.78 is 6.41. The van der Waals surface area contributed by atoms with Crippen LogP contribution in [-0.4, -0.2) is 27.8 Å². The number of carbonyl (C=O) groups excluding carboxylic acids is 1. The number of aryl methyl sites for hydroxylation is 2. The first-order valence-corrected chi connectivity index (χ1v) is 5.87. The van der Waals surface area contributed by atoms with Gasteiger partial charge in [-0.05, 0) is 19.1 Å². The molecule has 0 saturated carbocycles. The van der Waals surface area contributed by atoms with Gasteiger partial charge in [0.25, 0.3) is 0 Å². The largest absolute Gasteiger partial charge is 0.464 e. The van der Waals surface area contributed by atoms with Gasteiger partial charge in [-0.3, -0.25) is 4.68 Å². The number of nitrogens with zero attached hydrogens (tertiary/aromatic N) is 3. The topological polar surface area (TPSA) is 69.0 Å².